The van der Waals surface area contributed by atoms with E-state index < -0.39 is 0 Å². The third-order valence-corrected chi connectivity index (χ3v) is 5.05. The number of nitrogens with one attached hydrogen (secondary N) is 1. The first-order chi connectivity index (χ1) is 12.0. The molecule has 1 aromatic rings. The number of halogens is 1. The molecule has 0 unspecified atom stereocenters. The van der Waals surface area contributed by atoms with E-state index in [1.165, 1.54) is 19.2 Å². The summed E-state index contributed by atoms with van der Waals surface area (Å²) in [7, 11) is 1.52. The van der Waals surface area contributed by atoms with Crippen LogP contribution in [0.3, 0.4) is 0 Å². The number of amides is 2. The van der Waals surface area contributed by atoms with E-state index in [1.807, 2.05) is 11.8 Å². The van der Waals surface area contributed by atoms with Crippen LogP contribution < -0.4 is 10.1 Å². The maximum absolute atomic E-state index is 13.5. The van der Waals surface area contributed by atoms with Crippen LogP contribution in [0.2, 0.25) is 0 Å². The third-order valence-electron chi connectivity index (χ3n) is 5.05. The number of carbonyl (C=O) groups excluding carboxylic acids is 2. The molecule has 1 aliphatic carbocycles. The standard InChI is InChI=1S/C19H25FN2O3/c1-12(16-10-15(20)7-8-17(16)25-2)21-18(23)14-4-3-9-22(11-14)19(24)13-5-6-13/h7-8,10,12-14H,3-6,9,11H2,1-2H3,(H,21,23)/t12-,14-/m0/s1. The predicted molar refractivity (Wildman–Crippen MR) is 91.5 cm³/mol. The van der Waals surface area contributed by atoms with Crippen LogP contribution in [-0.2, 0) is 9.59 Å². The van der Waals surface area contributed by atoms with Gasteiger partial charge in [-0.1, -0.05) is 0 Å². The summed E-state index contributed by atoms with van der Waals surface area (Å²) in [4.78, 5) is 26.7. The molecule has 1 aliphatic heterocycles. The van der Waals surface area contributed by atoms with Gasteiger partial charge in [-0.15, -0.1) is 0 Å². The molecular formula is C19H25FN2O3. The van der Waals surface area contributed by atoms with Crippen molar-refractivity contribution in [2.24, 2.45) is 11.8 Å². The van der Waals surface area contributed by atoms with Crippen LogP contribution in [0.1, 0.15) is 44.2 Å². The smallest absolute Gasteiger partial charge is 0.225 e. The van der Waals surface area contributed by atoms with E-state index in [4.69, 9.17) is 4.74 Å². The van der Waals surface area contributed by atoms with E-state index >= 15 is 0 Å². The highest BCUT2D eigenvalue weighted by Crippen LogP contribution is 2.33. The lowest BCUT2D eigenvalue weighted by molar-refractivity contribution is -0.137. The highest BCUT2D eigenvalue weighted by atomic mass is 19.1. The second-order valence-electron chi connectivity index (χ2n) is 7.01. The molecule has 1 saturated heterocycles. The van der Waals surface area contributed by atoms with Crippen molar-refractivity contribution in [1.29, 1.82) is 0 Å². The van der Waals surface area contributed by atoms with Crippen LogP contribution in [0.15, 0.2) is 18.2 Å². The van der Waals surface area contributed by atoms with Gasteiger partial charge in [-0.2, -0.15) is 0 Å². The molecule has 0 bridgehead atoms. The molecule has 25 heavy (non-hydrogen) atoms. The Morgan fingerprint density at radius 1 is 1.28 bits per heavy atom. The summed E-state index contributed by atoms with van der Waals surface area (Å²) in [5, 5.41) is 2.95. The summed E-state index contributed by atoms with van der Waals surface area (Å²) >= 11 is 0. The van der Waals surface area contributed by atoms with Crippen LogP contribution in [0.25, 0.3) is 0 Å². The minimum atomic E-state index is -0.368. The van der Waals surface area contributed by atoms with Crippen molar-refractivity contribution < 1.29 is 18.7 Å². The summed E-state index contributed by atoms with van der Waals surface area (Å²) in [5.41, 5.74) is 0.609. The molecule has 2 aliphatic rings. The Kier molecular flexibility index (Phi) is 5.25. The van der Waals surface area contributed by atoms with E-state index in [2.05, 4.69) is 5.32 Å². The molecular weight excluding hydrogens is 323 g/mol. The first-order valence-corrected chi connectivity index (χ1v) is 8.92. The fourth-order valence-electron chi connectivity index (χ4n) is 3.43. The molecule has 0 spiro atoms. The van der Waals surface area contributed by atoms with E-state index in [0.717, 1.165) is 32.2 Å². The van der Waals surface area contributed by atoms with Gasteiger partial charge in [0.15, 0.2) is 0 Å². The first kappa shape index (κ1) is 17.7. The molecule has 1 aromatic carbocycles. The number of ether oxygens (including phenoxy) is 1. The van der Waals surface area contributed by atoms with Gasteiger partial charge in [0.2, 0.25) is 11.8 Å². The minimum Gasteiger partial charge on any atom is -0.496 e. The number of likely N-dealkylation sites (tertiary alicyclic amines) is 1. The first-order valence-electron chi connectivity index (χ1n) is 8.92. The number of hydrogen-bond donors (Lipinski definition) is 1. The maximum atomic E-state index is 13.5. The minimum absolute atomic E-state index is 0.0906. The average Bonchev–Trinajstić information content (AvgIpc) is 3.46. The predicted octanol–water partition coefficient (Wildman–Crippen LogP) is 2.66. The van der Waals surface area contributed by atoms with Crippen molar-refractivity contribution in [3.05, 3.63) is 29.6 Å². The maximum Gasteiger partial charge on any atom is 0.225 e. The van der Waals surface area contributed by atoms with Gasteiger partial charge >= 0.3 is 0 Å². The van der Waals surface area contributed by atoms with Crippen molar-refractivity contribution >= 4 is 11.8 Å². The van der Waals surface area contributed by atoms with Crippen molar-refractivity contribution in [3.63, 3.8) is 0 Å². The van der Waals surface area contributed by atoms with E-state index in [9.17, 15) is 14.0 Å². The second-order valence-corrected chi connectivity index (χ2v) is 7.01. The Morgan fingerprint density at radius 2 is 2.04 bits per heavy atom. The fraction of sp³-hybridized carbons (Fsp3) is 0.579. The van der Waals surface area contributed by atoms with Crippen molar-refractivity contribution in [2.45, 2.75) is 38.6 Å². The van der Waals surface area contributed by atoms with E-state index in [-0.39, 0.29) is 35.5 Å². The Labute approximate surface area is 147 Å². The summed E-state index contributed by atoms with van der Waals surface area (Å²) in [6.45, 7) is 3.03. The molecule has 1 heterocycles. The number of benzene rings is 1. The zero-order chi connectivity index (χ0) is 18.0. The zero-order valence-electron chi connectivity index (χ0n) is 14.8. The molecule has 136 valence electrons. The molecule has 2 amide bonds. The number of nitrogens with zero attached hydrogens (tertiary/aromatic N) is 1. The zero-order valence-corrected chi connectivity index (χ0v) is 14.8. The molecule has 6 heteroatoms. The molecule has 1 N–H and O–H groups in total. The molecule has 1 saturated carbocycles. The van der Waals surface area contributed by atoms with Crippen molar-refractivity contribution in [1.82, 2.24) is 10.2 Å². The van der Waals surface area contributed by atoms with E-state index in [0.29, 0.717) is 17.9 Å². The number of piperidine rings is 1. The molecule has 0 aromatic heterocycles. The van der Waals surface area contributed by atoms with Crippen LogP contribution in [0.5, 0.6) is 5.75 Å². The lowest BCUT2D eigenvalue weighted by Gasteiger charge is -2.33. The molecule has 2 atom stereocenters. The van der Waals surface area contributed by atoms with Crippen LogP contribution in [-0.4, -0.2) is 36.9 Å². The quantitative estimate of drug-likeness (QED) is 0.890. The summed E-state index contributed by atoms with van der Waals surface area (Å²) in [6, 6.07) is 3.91. The van der Waals surface area contributed by atoms with Crippen LogP contribution >= 0.6 is 0 Å². The molecule has 0 radical (unpaired) electrons. The van der Waals surface area contributed by atoms with Gasteiger partial charge in [0.25, 0.3) is 0 Å². The lowest BCUT2D eigenvalue weighted by atomic mass is 9.96. The molecule has 5 nitrogen and oxygen atoms in total. The van der Waals surface area contributed by atoms with E-state index in [1.54, 1.807) is 6.07 Å². The van der Waals surface area contributed by atoms with Crippen LogP contribution in [0, 0.1) is 17.7 Å². The fourth-order valence-corrected chi connectivity index (χ4v) is 3.43. The largest absolute Gasteiger partial charge is 0.496 e. The summed E-state index contributed by atoms with van der Waals surface area (Å²) in [5.74, 6) is 0.249. The van der Waals surface area contributed by atoms with Gasteiger partial charge in [-0.05, 0) is 50.8 Å². The SMILES string of the molecule is COc1ccc(F)cc1[C@H](C)NC(=O)[C@H]1CCCN(C(=O)C2CC2)C1. The van der Waals surface area contributed by atoms with Crippen LogP contribution in [0.4, 0.5) is 4.39 Å². The highest BCUT2D eigenvalue weighted by molar-refractivity contribution is 5.83. The number of rotatable bonds is 5. The van der Waals surface area contributed by atoms with Crippen molar-refractivity contribution in [2.75, 3.05) is 20.2 Å². The molecule has 2 fully saturated rings. The summed E-state index contributed by atoms with van der Waals surface area (Å²) < 4.78 is 18.8. The second kappa shape index (κ2) is 7.42. The van der Waals surface area contributed by atoms with Gasteiger partial charge in [0.05, 0.1) is 19.1 Å². The third kappa shape index (κ3) is 4.11. The Hall–Kier alpha value is -2.11. The number of carbonyl (C=O) groups is 2. The van der Waals surface area contributed by atoms with Gasteiger partial charge < -0.3 is 15.0 Å². The Morgan fingerprint density at radius 3 is 2.72 bits per heavy atom. The highest BCUT2D eigenvalue weighted by Gasteiger charge is 2.36. The summed E-state index contributed by atoms with van der Waals surface area (Å²) in [6.07, 6.45) is 3.56. The monoisotopic (exact) mass is 348 g/mol. The van der Waals surface area contributed by atoms with Gasteiger partial charge in [-0.3, -0.25) is 9.59 Å². The van der Waals surface area contributed by atoms with Gasteiger partial charge in [0, 0.05) is 24.6 Å². The van der Waals surface area contributed by atoms with Gasteiger partial charge in [0.1, 0.15) is 11.6 Å². The number of hydrogen-bond acceptors (Lipinski definition) is 3. The normalized spacial score (nSPS) is 21.6. The molecule has 3 rings (SSSR count). The number of methoxy groups -OCH3 is 1. The van der Waals surface area contributed by atoms with Crippen molar-refractivity contribution in [3.8, 4) is 5.75 Å². The average molecular weight is 348 g/mol. The topological polar surface area (TPSA) is 58.6 Å². The van der Waals surface area contributed by atoms with Gasteiger partial charge in [-0.25, -0.2) is 4.39 Å². The lowest BCUT2D eigenvalue weighted by Crippen LogP contribution is -2.46. The Balaban J connectivity index is 1.63. The Bertz CT molecular complexity index is 660.